The zero-order valence-corrected chi connectivity index (χ0v) is 6.46. The average Bonchev–Trinajstić information content (AvgIpc) is 1.65. The van der Waals surface area contributed by atoms with Gasteiger partial charge in [0.15, 0.2) is 0 Å². The van der Waals surface area contributed by atoms with E-state index in [0.29, 0.717) is 0 Å². The van der Waals surface area contributed by atoms with Crippen molar-refractivity contribution < 1.29 is 45.9 Å². The first-order chi connectivity index (χ1) is 3.18. The third-order valence-corrected chi connectivity index (χ3v) is 0.258. The minimum Gasteiger partial charge on any atom is -0.473 e. The van der Waals surface area contributed by atoms with Gasteiger partial charge in [-0.05, 0) is 0 Å². The van der Waals surface area contributed by atoms with Gasteiger partial charge in [-0.2, -0.15) is 5.26 Å². The molecule has 2 N–H and O–H groups in total. The zero-order valence-electron chi connectivity index (χ0n) is 3.53. The van der Waals surface area contributed by atoms with Gasteiger partial charge in [-0.15, -0.1) is 0 Å². The summed E-state index contributed by atoms with van der Waals surface area (Å²) in [6.07, 6.45) is 0. The van der Waals surface area contributed by atoms with Crippen LogP contribution in [0.5, 0.6) is 0 Å². The Morgan fingerprint density at radius 3 is 1.75 bits per heavy atom. The van der Waals surface area contributed by atoms with Crippen LogP contribution in [-0.2, 0) is 35.5 Å². The first-order valence-electron chi connectivity index (χ1n) is 1.27. The molecule has 0 amide bonds. The summed E-state index contributed by atoms with van der Waals surface area (Å²) in [5.41, 5.74) is 0. The van der Waals surface area contributed by atoms with Gasteiger partial charge in [-0.25, -0.2) is 9.59 Å². The van der Waals surface area contributed by atoms with Crippen molar-refractivity contribution in [1.29, 1.82) is 0 Å². The van der Waals surface area contributed by atoms with Gasteiger partial charge in [0.25, 0.3) is 0 Å². The van der Waals surface area contributed by atoms with Crippen LogP contribution in [0.1, 0.15) is 0 Å². The minimum absolute atomic E-state index is 0. The van der Waals surface area contributed by atoms with Gasteiger partial charge >= 0.3 is 11.9 Å². The molecule has 6 heteroatoms. The molecule has 0 aliphatic heterocycles. The van der Waals surface area contributed by atoms with Crippen LogP contribution in [0.15, 0.2) is 0 Å². The van der Waals surface area contributed by atoms with E-state index in [-0.39, 0.29) is 21.1 Å². The first-order valence-corrected chi connectivity index (χ1v) is 1.27. The number of hydrogen-bond acceptors (Lipinski definition) is 4. The number of carbonyl (C=O) groups is 2. The van der Waals surface area contributed by atoms with Crippen molar-refractivity contribution in [2.24, 2.45) is 0 Å². The smallest absolute Gasteiger partial charge is 0.449 e. The van der Waals surface area contributed by atoms with E-state index in [0.717, 1.165) is 0 Å². The molecule has 0 rings (SSSR count). The van der Waals surface area contributed by atoms with Gasteiger partial charge < -0.3 is 5.11 Å². The molecule has 0 aliphatic rings. The standard InChI is InChI=1S/C2H2O5.W/c3-1(4)2(5)7-6;/h6H,(H,3,4);. The molecule has 0 aromatic rings. The number of carboxylic acids is 1. The number of carbonyl (C=O) groups excluding carboxylic acids is 1. The fourth-order valence-electron chi connectivity index (χ4n) is 0.0390. The summed E-state index contributed by atoms with van der Waals surface area (Å²) in [6.45, 7) is 0. The molecule has 0 unspecified atom stereocenters. The average molecular weight is 290 g/mol. The third kappa shape index (κ3) is 3.77. The summed E-state index contributed by atoms with van der Waals surface area (Å²) < 4.78 is 0. The molecular formula is C2H2O5W. The zero-order chi connectivity index (χ0) is 5.86. The molecule has 8 heavy (non-hydrogen) atoms. The molecule has 5 nitrogen and oxygen atoms in total. The van der Waals surface area contributed by atoms with Gasteiger partial charge in [0.05, 0.1) is 0 Å². The Labute approximate surface area is 58.4 Å². The maximum absolute atomic E-state index is 9.44. The van der Waals surface area contributed by atoms with Crippen LogP contribution in [0, 0.1) is 0 Å². The molecule has 0 aromatic carbocycles. The van der Waals surface area contributed by atoms with Crippen molar-refractivity contribution in [2.75, 3.05) is 0 Å². The Morgan fingerprint density at radius 2 is 1.75 bits per heavy atom. The topological polar surface area (TPSA) is 83.8 Å². The molecular weight excluding hydrogens is 288 g/mol. The van der Waals surface area contributed by atoms with E-state index in [1.165, 1.54) is 0 Å². The Morgan fingerprint density at radius 1 is 1.38 bits per heavy atom. The molecule has 0 radical (unpaired) electrons. The predicted octanol–water partition coefficient (Wildman–Crippen LogP) is -0.915. The van der Waals surface area contributed by atoms with Crippen LogP contribution in [0.3, 0.4) is 0 Å². The number of rotatable bonds is 0. The van der Waals surface area contributed by atoms with Crippen LogP contribution in [-0.4, -0.2) is 22.3 Å². The summed E-state index contributed by atoms with van der Waals surface area (Å²) in [7, 11) is 0. The van der Waals surface area contributed by atoms with Crippen LogP contribution >= 0.6 is 0 Å². The van der Waals surface area contributed by atoms with Crippen LogP contribution in [0.2, 0.25) is 0 Å². The second-order valence-electron chi connectivity index (χ2n) is 0.684. The molecule has 0 aliphatic carbocycles. The van der Waals surface area contributed by atoms with Crippen molar-refractivity contribution in [2.45, 2.75) is 0 Å². The molecule has 0 saturated heterocycles. The van der Waals surface area contributed by atoms with Gasteiger partial charge in [0.1, 0.15) is 0 Å². The number of hydrogen-bond donors (Lipinski definition) is 2. The van der Waals surface area contributed by atoms with Gasteiger partial charge in [-0.1, -0.05) is 0 Å². The fourth-order valence-corrected chi connectivity index (χ4v) is 0.0390. The van der Waals surface area contributed by atoms with E-state index in [9.17, 15) is 9.59 Å². The van der Waals surface area contributed by atoms with Crippen molar-refractivity contribution in [3.05, 3.63) is 0 Å². The maximum Gasteiger partial charge on any atom is 0.449 e. The van der Waals surface area contributed by atoms with Crippen molar-refractivity contribution in [3.8, 4) is 0 Å². The normalized spacial score (nSPS) is 6.62. The Hall–Kier alpha value is -0.412. The Kier molecular flexibility index (Phi) is 6.25. The molecule has 0 aromatic heterocycles. The maximum atomic E-state index is 9.44. The molecule has 0 spiro atoms. The first kappa shape index (κ1) is 10.5. The van der Waals surface area contributed by atoms with Crippen molar-refractivity contribution in [1.82, 2.24) is 0 Å². The molecule has 0 fully saturated rings. The Balaban J connectivity index is 0. The van der Waals surface area contributed by atoms with Crippen LogP contribution in [0.4, 0.5) is 0 Å². The summed E-state index contributed by atoms with van der Waals surface area (Å²) in [6, 6.07) is 0. The predicted molar refractivity (Wildman–Crippen MR) is 16.4 cm³/mol. The molecule has 0 bridgehead atoms. The Bertz CT molecular complexity index is 98.6. The van der Waals surface area contributed by atoms with Crippen molar-refractivity contribution >= 4 is 11.9 Å². The van der Waals surface area contributed by atoms with Crippen molar-refractivity contribution in [3.63, 3.8) is 0 Å². The number of carboxylic acid groups (broad SMARTS) is 1. The molecule has 0 atom stereocenters. The second-order valence-corrected chi connectivity index (χ2v) is 0.684. The summed E-state index contributed by atoms with van der Waals surface area (Å²) in [4.78, 5) is 21.5. The van der Waals surface area contributed by atoms with Crippen LogP contribution < -0.4 is 0 Å². The van der Waals surface area contributed by atoms with E-state index in [1.54, 1.807) is 0 Å². The molecule has 0 saturated carbocycles. The van der Waals surface area contributed by atoms with Gasteiger partial charge in [0.2, 0.25) is 0 Å². The summed E-state index contributed by atoms with van der Waals surface area (Å²) in [5, 5.41) is 14.8. The van der Waals surface area contributed by atoms with E-state index in [2.05, 4.69) is 4.89 Å². The third-order valence-electron chi connectivity index (χ3n) is 0.258. The van der Waals surface area contributed by atoms with E-state index >= 15 is 0 Å². The van der Waals surface area contributed by atoms with E-state index in [1.807, 2.05) is 0 Å². The summed E-state index contributed by atoms with van der Waals surface area (Å²) >= 11 is 0. The van der Waals surface area contributed by atoms with Gasteiger partial charge in [-0.3, -0.25) is 4.89 Å². The van der Waals surface area contributed by atoms with E-state index < -0.39 is 11.9 Å². The van der Waals surface area contributed by atoms with Crippen LogP contribution in [0.25, 0.3) is 0 Å². The largest absolute Gasteiger partial charge is 0.473 e. The molecule has 46 valence electrons. The SMILES string of the molecule is O=C(O)C(=O)OO.[W]. The van der Waals surface area contributed by atoms with Gasteiger partial charge in [0, 0.05) is 21.1 Å². The fraction of sp³-hybridized carbons (Fsp3) is 0. The number of aliphatic carboxylic acids is 1. The summed E-state index contributed by atoms with van der Waals surface area (Å²) in [5.74, 6) is -3.50. The molecule has 0 heterocycles. The quantitative estimate of drug-likeness (QED) is 0.342. The monoisotopic (exact) mass is 290 g/mol. The van der Waals surface area contributed by atoms with E-state index in [4.69, 9.17) is 10.4 Å². The minimum atomic E-state index is -1.82. The second kappa shape index (κ2) is 4.74.